The number of nitrogens with zero attached hydrogens (tertiary/aromatic N) is 1. The van der Waals surface area contributed by atoms with Gasteiger partial charge in [0, 0.05) is 31.1 Å². The molecule has 2 aromatic rings. The lowest BCUT2D eigenvalue weighted by Gasteiger charge is -2.40. The van der Waals surface area contributed by atoms with Gasteiger partial charge in [0.05, 0.1) is 23.0 Å². The van der Waals surface area contributed by atoms with Crippen LogP contribution in [0.4, 0.5) is 4.79 Å². The number of nitrogens with one attached hydrogen (secondary N) is 6. The van der Waals surface area contributed by atoms with E-state index < -0.39 is 74.8 Å². The van der Waals surface area contributed by atoms with Crippen LogP contribution in [-0.2, 0) is 46.0 Å². The first kappa shape index (κ1) is 53.8. The number of carbonyl (C=O) groups is 6. The van der Waals surface area contributed by atoms with Gasteiger partial charge in [0.1, 0.15) is 12.1 Å². The summed E-state index contributed by atoms with van der Waals surface area (Å²) in [4.78, 5) is 79.7. The van der Waals surface area contributed by atoms with Crippen LogP contribution in [-0.4, -0.2) is 99.7 Å². The van der Waals surface area contributed by atoms with Crippen molar-refractivity contribution in [2.75, 3.05) is 20.6 Å². The number of primary amides is 1. The molecule has 0 aliphatic carbocycles. The zero-order chi connectivity index (χ0) is 48.0. The third-order valence-electron chi connectivity index (χ3n) is 11.0. The summed E-state index contributed by atoms with van der Waals surface area (Å²) in [5.74, 6) is -3.05. The standard InChI is InChI=1S/C45H71N9O8S/c1-27(2)34(54(12)42(59)37(44(6,7)8)52-41(58)36(48-11)45(9,10)31-17-14-13-15-18-31)25-29(5)38(55)53-63(61,62)32-22-20-30(21-23-32)26-50-39(56)33(19-16-24-49-43(47)60)51-40(57)35(46)28(3)4/h13-15,17-18,20-23,25,27-28,33-37,48H,16,19,24,26,46H2,1-12H3,(H,50,56)(H,51,57)(H,52,58)(H,53,55)(H3,47,49,60)/b29-25+/t33-,34+,35-,36+,37+/m0/s1. The third-order valence-corrected chi connectivity index (χ3v) is 12.3. The number of benzene rings is 2. The van der Waals surface area contributed by atoms with Crippen molar-refractivity contribution in [2.45, 2.75) is 129 Å². The molecule has 0 fully saturated rings. The van der Waals surface area contributed by atoms with E-state index in [1.165, 1.54) is 42.2 Å². The van der Waals surface area contributed by atoms with Crippen molar-refractivity contribution in [3.05, 3.63) is 77.4 Å². The summed E-state index contributed by atoms with van der Waals surface area (Å²) in [6.07, 6.45) is 2.05. The summed E-state index contributed by atoms with van der Waals surface area (Å²) >= 11 is 0. The van der Waals surface area contributed by atoms with Gasteiger partial charge in [0.25, 0.3) is 15.9 Å². The molecule has 17 nitrogen and oxygen atoms in total. The van der Waals surface area contributed by atoms with Crippen molar-refractivity contribution in [3.63, 3.8) is 0 Å². The van der Waals surface area contributed by atoms with Crippen molar-refractivity contribution >= 4 is 45.6 Å². The highest BCUT2D eigenvalue weighted by Gasteiger charge is 2.42. The van der Waals surface area contributed by atoms with E-state index in [9.17, 15) is 37.2 Å². The van der Waals surface area contributed by atoms with Gasteiger partial charge >= 0.3 is 6.03 Å². The third kappa shape index (κ3) is 15.8. The van der Waals surface area contributed by atoms with E-state index in [-0.39, 0.29) is 53.6 Å². The molecule has 0 aromatic heterocycles. The molecule has 0 bridgehead atoms. The summed E-state index contributed by atoms with van der Waals surface area (Å²) in [7, 11) is -1.07. The van der Waals surface area contributed by atoms with Crippen molar-refractivity contribution in [3.8, 4) is 0 Å². The molecule has 0 aliphatic rings. The molecule has 2 aromatic carbocycles. The molecule has 0 heterocycles. The van der Waals surface area contributed by atoms with Gasteiger partial charge in [-0.15, -0.1) is 0 Å². The van der Waals surface area contributed by atoms with Crippen LogP contribution in [0.3, 0.4) is 0 Å². The lowest BCUT2D eigenvalue weighted by molar-refractivity contribution is -0.140. The van der Waals surface area contributed by atoms with E-state index in [1.807, 2.05) is 78.8 Å². The second kappa shape index (κ2) is 23.4. The molecular formula is C45H71N9O8S. The Balaban J connectivity index is 2.20. The molecule has 63 heavy (non-hydrogen) atoms. The number of amides is 7. The molecule has 0 saturated carbocycles. The van der Waals surface area contributed by atoms with Crippen molar-refractivity contribution in [2.24, 2.45) is 28.7 Å². The Kier molecular flexibility index (Phi) is 20.0. The van der Waals surface area contributed by atoms with Gasteiger partial charge in [0.2, 0.25) is 23.6 Å². The SMILES string of the molecule is CN[C@H](C(=O)N[C@H](C(=O)N(C)[C@H](/C=C(\C)C(=O)NS(=O)(=O)c1ccc(CNC(=O)[C@H](CCCNC(N)=O)NC(=O)[C@@H](N)C(C)C)cc1)C(C)C)C(C)(C)C)C(C)(C)c1ccccc1. The van der Waals surface area contributed by atoms with E-state index in [0.717, 1.165) is 5.56 Å². The van der Waals surface area contributed by atoms with Crippen molar-refractivity contribution in [1.82, 2.24) is 36.2 Å². The smallest absolute Gasteiger partial charge is 0.312 e. The first-order chi connectivity index (χ1) is 29.1. The van der Waals surface area contributed by atoms with Gasteiger partial charge in [-0.05, 0) is 67.3 Å². The molecule has 7 amide bonds. The number of urea groups is 1. The Morgan fingerprint density at radius 2 is 1.38 bits per heavy atom. The van der Waals surface area contributed by atoms with Crippen LogP contribution in [0.25, 0.3) is 0 Å². The summed E-state index contributed by atoms with van der Waals surface area (Å²) in [6.45, 7) is 18.4. The number of rotatable bonds is 22. The van der Waals surface area contributed by atoms with E-state index in [4.69, 9.17) is 11.5 Å². The van der Waals surface area contributed by atoms with Crippen LogP contribution in [0.5, 0.6) is 0 Å². The van der Waals surface area contributed by atoms with Gasteiger partial charge in [-0.2, -0.15) is 0 Å². The lowest BCUT2D eigenvalue weighted by Crippen LogP contribution is -2.61. The van der Waals surface area contributed by atoms with Crippen LogP contribution in [0, 0.1) is 17.3 Å². The molecule has 350 valence electrons. The Bertz CT molecular complexity index is 2030. The van der Waals surface area contributed by atoms with Crippen LogP contribution in [0.2, 0.25) is 0 Å². The fraction of sp³-hybridized carbons (Fsp3) is 0.556. The molecule has 0 saturated heterocycles. The highest BCUT2D eigenvalue weighted by molar-refractivity contribution is 7.90. The van der Waals surface area contributed by atoms with E-state index in [0.29, 0.717) is 12.0 Å². The number of nitrogens with two attached hydrogens (primary N) is 2. The second-order valence-electron chi connectivity index (χ2n) is 18.2. The van der Waals surface area contributed by atoms with E-state index in [2.05, 4.69) is 31.3 Å². The monoisotopic (exact) mass is 898 g/mol. The number of hydrogen-bond acceptors (Lipinski definition) is 10. The zero-order valence-corrected chi connectivity index (χ0v) is 39.7. The molecule has 0 radical (unpaired) electrons. The van der Waals surface area contributed by atoms with Crippen LogP contribution >= 0.6 is 0 Å². The summed E-state index contributed by atoms with van der Waals surface area (Å²) < 4.78 is 28.8. The predicted octanol–water partition coefficient (Wildman–Crippen LogP) is 2.55. The largest absolute Gasteiger partial charge is 0.352 e. The van der Waals surface area contributed by atoms with Crippen LogP contribution < -0.4 is 42.8 Å². The lowest BCUT2D eigenvalue weighted by atomic mass is 9.76. The van der Waals surface area contributed by atoms with E-state index >= 15 is 0 Å². The minimum absolute atomic E-state index is 0.0141. The molecule has 0 aliphatic heterocycles. The Morgan fingerprint density at radius 3 is 1.89 bits per heavy atom. The fourth-order valence-corrected chi connectivity index (χ4v) is 7.90. The molecule has 5 atom stereocenters. The maximum absolute atomic E-state index is 14.3. The average molecular weight is 898 g/mol. The average Bonchev–Trinajstić information content (AvgIpc) is 3.20. The quantitative estimate of drug-likeness (QED) is 0.0633. The summed E-state index contributed by atoms with van der Waals surface area (Å²) in [6, 6.07) is 10.3. The van der Waals surface area contributed by atoms with Gasteiger partial charge < -0.3 is 43.0 Å². The van der Waals surface area contributed by atoms with Crippen LogP contribution in [0.15, 0.2) is 71.1 Å². The molecular weight excluding hydrogens is 827 g/mol. The normalized spacial score (nSPS) is 14.7. The number of carbonyl (C=O) groups excluding carboxylic acids is 6. The highest BCUT2D eigenvalue weighted by atomic mass is 32.2. The molecule has 2 rings (SSSR count). The fourth-order valence-electron chi connectivity index (χ4n) is 6.88. The molecule has 0 unspecified atom stereocenters. The molecule has 10 N–H and O–H groups in total. The summed E-state index contributed by atoms with van der Waals surface area (Å²) in [5, 5.41) is 14.0. The van der Waals surface area contributed by atoms with E-state index in [1.54, 1.807) is 27.9 Å². The Labute approximate surface area is 373 Å². The highest BCUT2D eigenvalue weighted by Crippen LogP contribution is 2.29. The van der Waals surface area contributed by atoms with Crippen molar-refractivity contribution in [1.29, 1.82) is 0 Å². The topological polar surface area (TPSA) is 264 Å². The molecule has 18 heteroatoms. The zero-order valence-electron chi connectivity index (χ0n) is 38.9. The number of sulfonamides is 1. The predicted molar refractivity (Wildman–Crippen MR) is 244 cm³/mol. The van der Waals surface area contributed by atoms with Gasteiger partial charge in [-0.3, -0.25) is 24.0 Å². The maximum atomic E-state index is 14.3. The first-order valence-corrected chi connectivity index (χ1v) is 22.6. The van der Waals surface area contributed by atoms with Gasteiger partial charge in [-0.25, -0.2) is 17.9 Å². The Hall–Kier alpha value is -5.33. The second-order valence-corrected chi connectivity index (χ2v) is 19.9. The Morgan fingerprint density at radius 1 is 0.794 bits per heavy atom. The summed E-state index contributed by atoms with van der Waals surface area (Å²) in [5.41, 5.74) is 11.3. The van der Waals surface area contributed by atoms with Crippen molar-refractivity contribution < 1.29 is 37.2 Å². The first-order valence-electron chi connectivity index (χ1n) is 21.2. The number of hydrogen-bond donors (Lipinski definition) is 8. The molecule has 0 spiro atoms. The van der Waals surface area contributed by atoms with Crippen LogP contribution in [0.1, 0.15) is 93.2 Å². The van der Waals surface area contributed by atoms with Gasteiger partial charge in [0.15, 0.2) is 0 Å². The van der Waals surface area contributed by atoms with Gasteiger partial charge in [-0.1, -0.05) is 111 Å². The minimum Gasteiger partial charge on any atom is -0.352 e. The maximum Gasteiger partial charge on any atom is 0.312 e. The number of likely N-dealkylation sites (N-methyl/N-ethyl adjacent to an activating group) is 2. The minimum atomic E-state index is -4.36.